The van der Waals surface area contributed by atoms with Gasteiger partial charge in [0, 0.05) is 35.6 Å². The Balaban J connectivity index is 2.33. The highest BCUT2D eigenvalue weighted by Crippen LogP contribution is 2.49. The van der Waals surface area contributed by atoms with Gasteiger partial charge in [-0.25, -0.2) is 4.79 Å². The maximum Gasteiger partial charge on any atom is 0.334 e. The van der Waals surface area contributed by atoms with Gasteiger partial charge >= 0.3 is 5.97 Å². The fraction of sp³-hybridized carbons (Fsp3) is 0.429. The number of carbonyl (C=O) groups is 2. The molecule has 0 aromatic heterocycles. The van der Waals surface area contributed by atoms with E-state index < -0.39 is 5.97 Å². The van der Waals surface area contributed by atoms with Gasteiger partial charge in [-0.2, -0.15) is 0 Å². The number of ketones is 1. The van der Waals surface area contributed by atoms with Crippen LogP contribution < -0.4 is 9.47 Å². The van der Waals surface area contributed by atoms with Crippen LogP contribution in [0, 0.1) is 5.41 Å². The Labute approximate surface area is 153 Å². The molecule has 0 heterocycles. The van der Waals surface area contributed by atoms with E-state index in [1.165, 1.54) is 7.11 Å². The largest absolute Gasteiger partial charge is 0.497 e. The molecule has 2 aliphatic carbocycles. The van der Waals surface area contributed by atoms with Crippen LogP contribution in [0.2, 0.25) is 0 Å². The second kappa shape index (κ2) is 6.63. The van der Waals surface area contributed by atoms with Crippen LogP contribution >= 0.6 is 0 Å². The van der Waals surface area contributed by atoms with Crippen molar-refractivity contribution >= 4 is 23.4 Å². The standard InChI is InChI=1S/C21H24O5/c1-21(2)10-16-15(17(22)11-21)8-13(20(23)26-5)6-12-7-14(24-3)9-18(25-4)19(12)16/h6-7,9H,8,10-11H2,1-5H3. The summed E-state index contributed by atoms with van der Waals surface area (Å²) >= 11 is 0. The van der Waals surface area contributed by atoms with Crippen LogP contribution in [0.3, 0.4) is 0 Å². The van der Waals surface area contributed by atoms with E-state index in [1.54, 1.807) is 20.3 Å². The predicted octanol–water partition coefficient (Wildman–Crippen LogP) is 3.81. The third kappa shape index (κ3) is 3.14. The zero-order chi connectivity index (χ0) is 19.1. The Morgan fingerprint density at radius 2 is 1.77 bits per heavy atom. The van der Waals surface area contributed by atoms with Crippen LogP contribution in [0.1, 0.15) is 44.2 Å². The zero-order valence-corrected chi connectivity index (χ0v) is 15.9. The Kier molecular flexibility index (Phi) is 4.65. The van der Waals surface area contributed by atoms with E-state index in [1.807, 2.05) is 12.1 Å². The molecule has 0 N–H and O–H groups in total. The molecule has 26 heavy (non-hydrogen) atoms. The fourth-order valence-corrected chi connectivity index (χ4v) is 3.82. The van der Waals surface area contributed by atoms with E-state index in [4.69, 9.17) is 14.2 Å². The van der Waals surface area contributed by atoms with Gasteiger partial charge in [0.05, 0.1) is 21.3 Å². The third-order valence-electron chi connectivity index (χ3n) is 5.00. The van der Waals surface area contributed by atoms with Gasteiger partial charge in [-0.05, 0) is 35.1 Å². The first kappa shape index (κ1) is 18.2. The average molecular weight is 356 g/mol. The number of esters is 1. The number of hydrogen-bond acceptors (Lipinski definition) is 5. The molecule has 0 amide bonds. The summed E-state index contributed by atoms with van der Waals surface area (Å²) in [5, 5.41) is 0. The number of fused-ring (bicyclic) bond motifs is 2. The summed E-state index contributed by atoms with van der Waals surface area (Å²) in [6.07, 6.45) is 3.27. The van der Waals surface area contributed by atoms with Gasteiger partial charge < -0.3 is 14.2 Å². The van der Waals surface area contributed by atoms with Crippen molar-refractivity contribution in [3.63, 3.8) is 0 Å². The second-order valence-electron chi connectivity index (χ2n) is 7.53. The van der Waals surface area contributed by atoms with Crippen LogP contribution in [0.15, 0.2) is 23.3 Å². The fourth-order valence-electron chi connectivity index (χ4n) is 3.82. The number of carbonyl (C=O) groups excluding carboxylic acids is 2. The van der Waals surface area contributed by atoms with E-state index in [0.717, 1.165) is 23.1 Å². The Morgan fingerprint density at radius 3 is 2.38 bits per heavy atom. The van der Waals surface area contributed by atoms with Crippen LogP contribution in [0.4, 0.5) is 0 Å². The number of hydrogen-bond donors (Lipinski definition) is 0. The van der Waals surface area contributed by atoms with Crippen LogP contribution in [-0.2, 0) is 14.3 Å². The molecule has 0 unspecified atom stereocenters. The molecule has 3 rings (SSSR count). The highest BCUT2D eigenvalue weighted by atomic mass is 16.5. The summed E-state index contributed by atoms with van der Waals surface area (Å²) in [5.74, 6) is 0.923. The first-order valence-corrected chi connectivity index (χ1v) is 8.60. The minimum absolute atomic E-state index is 0.0803. The third-order valence-corrected chi connectivity index (χ3v) is 5.00. The molecule has 0 aliphatic heterocycles. The van der Waals surface area contributed by atoms with Crippen molar-refractivity contribution < 1.29 is 23.8 Å². The van der Waals surface area contributed by atoms with Crippen molar-refractivity contribution in [2.45, 2.75) is 33.1 Å². The van der Waals surface area contributed by atoms with Gasteiger partial charge in [0.25, 0.3) is 0 Å². The molecule has 0 saturated carbocycles. The highest BCUT2D eigenvalue weighted by molar-refractivity contribution is 6.10. The summed E-state index contributed by atoms with van der Waals surface area (Å²) in [7, 11) is 4.53. The summed E-state index contributed by atoms with van der Waals surface area (Å²) in [4.78, 5) is 25.1. The Hall–Kier alpha value is -2.56. The molecular weight excluding hydrogens is 332 g/mol. The number of allylic oxidation sites excluding steroid dienone is 2. The first-order chi connectivity index (χ1) is 12.3. The predicted molar refractivity (Wildman–Crippen MR) is 99.1 cm³/mol. The quantitative estimate of drug-likeness (QED) is 0.771. The molecular formula is C21H24O5. The van der Waals surface area contributed by atoms with E-state index in [9.17, 15) is 9.59 Å². The van der Waals surface area contributed by atoms with E-state index in [0.29, 0.717) is 29.1 Å². The van der Waals surface area contributed by atoms with Crippen molar-refractivity contribution in [2.75, 3.05) is 21.3 Å². The van der Waals surface area contributed by atoms with Crippen LogP contribution in [0.25, 0.3) is 11.6 Å². The molecule has 0 radical (unpaired) electrons. The zero-order valence-electron chi connectivity index (χ0n) is 15.9. The van der Waals surface area contributed by atoms with E-state index in [-0.39, 0.29) is 17.6 Å². The number of rotatable bonds is 3. The smallest absolute Gasteiger partial charge is 0.334 e. The lowest BCUT2D eigenvalue weighted by Gasteiger charge is -2.33. The summed E-state index contributed by atoms with van der Waals surface area (Å²) < 4.78 is 15.9. The van der Waals surface area contributed by atoms with Crippen molar-refractivity contribution in [1.29, 1.82) is 0 Å². The van der Waals surface area contributed by atoms with Crippen LogP contribution in [-0.4, -0.2) is 33.1 Å². The molecule has 0 fully saturated rings. The normalized spacial score (nSPS) is 18.3. The Morgan fingerprint density at radius 1 is 1.04 bits per heavy atom. The number of ether oxygens (including phenoxy) is 3. The van der Waals surface area contributed by atoms with Gasteiger partial charge in [0.1, 0.15) is 11.5 Å². The van der Waals surface area contributed by atoms with Crippen LogP contribution in [0.5, 0.6) is 11.5 Å². The SMILES string of the molecule is COC(=O)C1=Cc2cc(OC)cc(OC)c2C2=C(C1)C(=O)CC(C)(C)C2. The molecule has 0 bridgehead atoms. The minimum atomic E-state index is -0.427. The number of benzene rings is 1. The monoisotopic (exact) mass is 356 g/mol. The topological polar surface area (TPSA) is 61.8 Å². The molecule has 5 nitrogen and oxygen atoms in total. The average Bonchev–Trinajstić information content (AvgIpc) is 2.76. The summed E-state index contributed by atoms with van der Waals surface area (Å²) in [6, 6.07) is 3.68. The van der Waals surface area contributed by atoms with Gasteiger partial charge in [-0.3, -0.25) is 4.79 Å². The molecule has 0 saturated heterocycles. The lowest BCUT2D eigenvalue weighted by atomic mass is 9.71. The molecule has 1 aromatic rings. The molecule has 0 spiro atoms. The molecule has 138 valence electrons. The van der Waals surface area contributed by atoms with Crippen molar-refractivity contribution in [3.8, 4) is 11.5 Å². The molecule has 2 aliphatic rings. The first-order valence-electron chi connectivity index (χ1n) is 8.60. The molecule has 5 heteroatoms. The minimum Gasteiger partial charge on any atom is -0.497 e. The van der Waals surface area contributed by atoms with Gasteiger partial charge in [-0.15, -0.1) is 0 Å². The molecule has 0 atom stereocenters. The number of Topliss-reactive ketones (excluding diaryl/α,β-unsaturated/α-hetero) is 1. The maximum atomic E-state index is 12.9. The summed E-state index contributed by atoms with van der Waals surface area (Å²) in [5.41, 5.74) is 3.62. The second-order valence-corrected chi connectivity index (χ2v) is 7.53. The maximum absolute atomic E-state index is 12.9. The van der Waals surface area contributed by atoms with Crippen molar-refractivity contribution in [1.82, 2.24) is 0 Å². The van der Waals surface area contributed by atoms with Crippen molar-refractivity contribution in [2.24, 2.45) is 5.41 Å². The lowest BCUT2D eigenvalue weighted by Crippen LogP contribution is -2.26. The van der Waals surface area contributed by atoms with Crippen molar-refractivity contribution in [3.05, 3.63) is 34.4 Å². The Bertz CT molecular complexity index is 842. The summed E-state index contributed by atoms with van der Waals surface area (Å²) in [6.45, 7) is 4.17. The van der Waals surface area contributed by atoms with E-state index >= 15 is 0 Å². The number of methoxy groups -OCH3 is 3. The molecule has 1 aromatic carbocycles. The van der Waals surface area contributed by atoms with Gasteiger partial charge in [0.2, 0.25) is 0 Å². The van der Waals surface area contributed by atoms with Gasteiger partial charge in [0.15, 0.2) is 5.78 Å². The lowest BCUT2D eigenvalue weighted by molar-refractivity contribution is -0.136. The highest BCUT2D eigenvalue weighted by Gasteiger charge is 2.37. The van der Waals surface area contributed by atoms with E-state index in [2.05, 4.69) is 13.8 Å². The van der Waals surface area contributed by atoms with Gasteiger partial charge in [-0.1, -0.05) is 13.8 Å².